The van der Waals surface area contributed by atoms with E-state index in [0.717, 1.165) is 4.90 Å². The van der Waals surface area contributed by atoms with E-state index in [1.807, 2.05) is 0 Å². The fourth-order valence-corrected chi connectivity index (χ4v) is 0.914. The first kappa shape index (κ1) is 10.4. The minimum Gasteiger partial charge on any atom is -0.465 e. The molecule has 2 N–H and O–H groups in total. The quantitative estimate of drug-likeness (QED) is 0.718. The zero-order valence-electron chi connectivity index (χ0n) is 7.66. The second kappa shape index (κ2) is 4.52. The van der Waals surface area contributed by atoms with Gasteiger partial charge in [-0.1, -0.05) is 0 Å². The SMILES string of the molecule is CN(C[C@@H](O)c1cnccn1)C(=O)O. The van der Waals surface area contributed by atoms with Crippen molar-refractivity contribution in [1.29, 1.82) is 0 Å². The van der Waals surface area contributed by atoms with E-state index in [2.05, 4.69) is 9.97 Å². The van der Waals surface area contributed by atoms with Crippen LogP contribution in [0.3, 0.4) is 0 Å². The van der Waals surface area contributed by atoms with Crippen LogP contribution >= 0.6 is 0 Å². The van der Waals surface area contributed by atoms with Crippen LogP contribution in [0.2, 0.25) is 0 Å². The highest BCUT2D eigenvalue weighted by Crippen LogP contribution is 2.08. The van der Waals surface area contributed by atoms with Gasteiger partial charge in [0.2, 0.25) is 0 Å². The van der Waals surface area contributed by atoms with Gasteiger partial charge < -0.3 is 15.1 Å². The van der Waals surface area contributed by atoms with Gasteiger partial charge in [0.1, 0.15) is 6.10 Å². The molecule has 1 aromatic rings. The molecule has 0 unspecified atom stereocenters. The normalized spacial score (nSPS) is 12.1. The fourth-order valence-electron chi connectivity index (χ4n) is 0.914. The molecule has 0 radical (unpaired) electrons. The monoisotopic (exact) mass is 197 g/mol. The molecule has 0 aliphatic heterocycles. The van der Waals surface area contributed by atoms with Crippen molar-refractivity contribution in [2.75, 3.05) is 13.6 Å². The summed E-state index contributed by atoms with van der Waals surface area (Å²) in [6.45, 7) is -0.0198. The summed E-state index contributed by atoms with van der Waals surface area (Å²) in [6.07, 6.45) is 2.30. The summed E-state index contributed by atoms with van der Waals surface area (Å²) in [4.78, 5) is 19.1. The number of rotatable bonds is 3. The van der Waals surface area contributed by atoms with E-state index < -0.39 is 12.2 Å². The number of aliphatic hydroxyl groups excluding tert-OH is 1. The molecule has 0 aromatic carbocycles. The van der Waals surface area contributed by atoms with Crippen LogP contribution in [0.25, 0.3) is 0 Å². The molecule has 6 heteroatoms. The Bertz CT molecular complexity index is 304. The molecule has 0 bridgehead atoms. The Hall–Kier alpha value is -1.69. The van der Waals surface area contributed by atoms with Crippen LogP contribution in [0.15, 0.2) is 18.6 Å². The molecule has 14 heavy (non-hydrogen) atoms. The summed E-state index contributed by atoms with van der Waals surface area (Å²) in [7, 11) is 1.38. The minimum absolute atomic E-state index is 0.0198. The lowest BCUT2D eigenvalue weighted by atomic mass is 10.2. The van der Waals surface area contributed by atoms with Crippen LogP contribution in [0.5, 0.6) is 0 Å². The van der Waals surface area contributed by atoms with Gasteiger partial charge in [0.05, 0.1) is 18.4 Å². The second-order valence-corrected chi connectivity index (χ2v) is 2.81. The van der Waals surface area contributed by atoms with E-state index >= 15 is 0 Å². The molecular weight excluding hydrogens is 186 g/mol. The molecule has 6 nitrogen and oxygen atoms in total. The molecular formula is C8H11N3O3. The Morgan fingerprint density at radius 2 is 2.36 bits per heavy atom. The Morgan fingerprint density at radius 3 is 2.86 bits per heavy atom. The molecule has 0 aliphatic carbocycles. The molecule has 0 saturated heterocycles. The van der Waals surface area contributed by atoms with Crippen molar-refractivity contribution in [1.82, 2.24) is 14.9 Å². The second-order valence-electron chi connectivity index (χ2n) is 2.81. The Kier molecular flexibility index (Phi) is 3.35. The molecule has 1 amide bonds. The maximum Gasteiger partial charge on any atom is 0.407 e. The van der Waals surface area contributed by atoms with Crippen molar-refractivity contribution in [3.63, 3.8) is 0 Å². The van der Waals surface area contributed by atoms with Crippen LogP contribution in [0.4, 0.5) is 4.79 Å². The lowest BCUT2D eigenvalue weighted by molar-refractivity contribution is 0.106. The smallest absolute Gasteiger partial charge is 0.407 e. The van der Waals surface area contributed by atoms with E-state index in [4.69, 9.17) is 5.11 Å². The Morgan fingerprint density at radius 1 is 1.64 bits per heavy atom. The van der Waals surface area contributed by atoms with Crippen LogP contribution < -0.4 is 0 Å². The number of carboxylic acid groups (broad SMARTS) is 1. The molecule has 0 spiro atoms. The van der Waals surface area contributed by atoms with Gasteiger partial charge in [0, 0.05) is 19.4 Å². The van der Waals surface area contributed by atoms with Gasteiger partial charge in [0.15, 0.2) is 0 Å². The van der Waals surface area contributed by atoms with Crippen molar-refractivity contribution in [3.05, 3.63) is 24.3 Å². The summed E-state index contributed by atoms with van der Waals surface area (Å²) in [5.74, 6) is 0. The zero-order valence-corrected chi connectivity index (χ0v) is 7.66. The molecule has 1 aromatic heterocycles. The molecule has 0 saturated carbocycles. The molecule has 76 valence electrons. The number of nitrogens with zero attached hydrogens (tertiary/aromatic N) is 3. The number of likely N-dealkylation sites (N-methyl/N-ethyl adjacent to an activating group) is 1. The number of hydrogen-bond donors (Lipinski definition) is 2. The third-order valence-corrected chi connectivity index (χ3v) is 1.70. The highest BCUT2D eigenvalue weighted by Gasteiger charge is 2.14. The minimum atomic E-state index is -1.09. The topological polar surface area (TPSA) is 86.5 Å². The van der Waals surface area contributed by atoms with E-state index in [1.165, 1.54) is 25.6 Å². The van der Waals surface area contributed by atoms with Crippen molar-refractivity contribution in [2.24, 2.45) is 0 Å². The summed E-state index contributed by atoms with van der Waals surface area (Å²) in [5.41, 5.74) is 0.362. The van der Waals surface area contributed by atoms with E-state index in [9.17, 15) is 9.90 Å². The first-order valence-corrected chi connectivity index (χ1v) is 3.99. The standard InChI is InChI=1S/C8H11N3O3/c1-11(8(13)14)5-7(12)6-4-9-2-3-10-6/h2-4,7,12H,5H2,1H3,(H,13,14)/t7-/m1/s1. The maximum absolute atomic E-state index is 10.4. The van der Waals surface area contributed by atoms with Crippen molar-refractivity contribution < 1.29 is 15.0 Å². The first-order chi connectivity index (χ1) is 6.61. The van der Waals surface area contributed by atoms with Gasteiger partial charge in [-0.05, 0) is 0 Å². The lowest BCUT2D eigenvalue weighted by Crippen LogP contribution is -2.29. The Labute approximate surface area is 80.8 Å². The average Bonchev–Trinajstić information content (AvgIpc) is 2.19. The third kappa shape index (κ3) is 2.67. The zero-order chi connectivity index (χ0) is 10.6. The van der Waals surface area contributed by atoms with Crippen molar-refractivity contribution >= 4 is 6.09 Å². The van der Waals surface area contributed by atoms with Gasteiger partial charge in [-0.2, -0.15) is 0 Å². The van der Waals surface area contributed by atoms with Gasteiger partial charge in [-0.25, -0.2) is 4.79 Å². The van der Waals surface area contributed by atoms with Gasteiger partial charge in [-0.3, -0.25) is 9.97 Å². The van der Waals surface area contributed by atoms with Crippen molar-refractivity contribution in [3.8, 4) is 0 Å². The predicted molar refractivity (Wildman–Crippen MR) is 47.6 cm³/mol. The van der Waals surface area contributed by atoms with Crippen LogP contribution in [-0.2, 0) is 0 Å². The van der Waals surface area contributed by atoms with Gasteiger partial charge in [0.25, 0.3) is 0 Å². The highest BCUT2D eigenvalue weighted by atomic mass is 16.4. The fraction of sp³-hybridized carbons (Fsp3) is 0.375. The van der Waals surface area contributed by atoms with E-state index in [0.29, 0.717) is 5.69 Å². The van der Waals surface area contributed by atoms with E-state index in [1.54, 1.807) is 0 Å². The van der Waals surface area contributed by atoms with Crippen LogP contribution in [0.1, 0.15) is 11.8 Å². The molecule has 1 heterocycles. The number of carbonyl (C=O) groups is 1. The van der Waals surface area contributed by atoms with Gasteiger partial charge >= 0.3 is 6.09 Å². The lowest BCUT2D eigenvalue weighted by Gasteiger charge is -2.16. The molecule has 0 aliphatic rings. The number of amides is 1. The average molecular weight is 197 g/mol. The molecule has 1 atom stereocenters. The predicted octanol–water partition coefficient (Wildman–Crippen LogP) is 0.120. The summed E-state index contributed by atoms with van der Waals surface area (Å²) >= 11 is 0. The van der Waals surface area contributed by atoms with Crippen LogP contribution in [-0.4, -0.2) is 44.8 Å². The number of aliphatic hydroxyl groups is 1. The summed E-state index contributed by atoms with van der Waals surface area (Å²) in [5, 5.41) is 18.1. The van der Waals surface area contributed by atoms with Crippen LogP contribution in [0, 0.1) is 0 Å². The summed E-state index contributed by atoms with van der Waals surface area (Å²) in [6, 6.07) is 0. The maximum atomic E-state index is 10.4. The summed E-state index contributed by atoms with van der Waals surface area (Å²) < 4.78 is 0. The largest absolute Gasteiger partial charge is 0.465 e. The highest BCUT2D eigenvalue weighted by molar-refractivity contribution is 5.64. The number of aromatic nitrogens is 2. The first-order valence-electron chi connectivity index (χ1n) is 3.99. The molecule has 0 fully saturated rings. The van der Waals surface area contributed by atoms with Gasteiger partial charge in [-0.15, -0.1) is 0 Å². The van der Waals surface area contributed by atoms with Crippen molar-refractivity contribution in [2.45, 2.75) is 6.10 Å². The Balaban J connectivity index is 2.59. The number of hydrogen-bond acceptors (Lipinski definition) is 4. The van der Waals surface area contributed by atoms with E-state index in [-0.39, 0.29) is 6.54 Å². The third-order valence-electron chi connectivity index (χ3n) is 1.70. The molecule has 1 rings (SSSR count).